The van der Waals surface area contributed by atoms with Crippen LogP contribution in [-0.2, 0) is 21.5 Å². The molecular formula is C34H36N4O4. The highest BCUT2D eigenvalue weighted by Gasteiger charge is 2.59. The largest absolute Gasteiger partial charge is 0.478 e. The summed E-state index contributed by atoms with van der Waals surface area (Å²) >= 11 is 0. The summed E-state index contributed by atoms with van der Waals surface area (Å²) in [5, 5.41) is 9.70. The van der Waals surface area contributed by atoms with Crippen LogP contribution in [0.15, 0.2) is 78.9 Å². The van der Waals surface area contributed by atoms with Gasteiger partial charge in [0.15, 0.2) is 0 Å². The molecule has 3 heterocycles. The second kappa shape index (κ2) is 10.3. The molecular weight excluding hydrogens is 528 g/mol. The average Bonchev–Trinajstić information content (AvgIpc) is 3.75. The molecule has 3 aliphatic heterocycles. The normalized spacial score (nSPS) is 20.5. The molecule has 3 aromatic rings. The monoisotopic (exact) mass is 564 g/mol. The number of carbonyl (C=O) groups excluding carboxylic acids is 2. The van der Waals surface area contributed by atoms with Gasteiger partial charge in [-0.05, 0) is 74.0 Å². The van der Waals surface area contributed by atoms with Crippen molar-refractivity contribution in [3.05, 3.63) is 95.6 Å². The zero-order valence-corrected chi connectivity index (χ0v) is 23.7. The first kappa shape index (κ1) is 26.7. The zero-order chi connectivity index (χ0) is 28.9. The third-order valence-corrected chi connectivity index (χ3v) is 9.85. The van der Waals surface area contributed by atoms with Gasteiger partial charge in [0.2, 0.25) is 11.8 Å². The summed E-state index contributed by atoms with van der Waals surface area (Å²) < 4.78 is 0. The quantitative estimate of drug-likeness (QED) is 0.434. The molecule has 0 aromatic heterocycles. The Kier molecular flexibility index (Phi) is 6.54. The molecule has 1 N–H and O–H groups in total. The predicted octanol–water partition coefficient (Wildman–Crippen LogP) is 4.49. The van der Waals surface area contributed by atoms with Crippen molar-refractivity contribution in [1.29, 1.82) is 0 Å². The molecule has 8 heteroatoms. The minimum atomic E-state index is -0.980. The van der Waals surface area contributed by atoms with Gasteiger partial charge in [0, 0.05) is 37.6 Å². The highest BCUT2D eigenvalue weighted by Crippen LogP contribution is 2.57. The molecule has 42 heavy (non-hydrogen) atoms. The first-order valence-electron chi connectivity index (χ1n) is 15.0. The van der Waals surface area contributed by atoms with Crippen LogP contribution in [0.5, 0.6) is 0 Å². The van der Waals surface area contributed by atoms with Crippen LogP contribution in [-0.4, -0.2) is 71.1 Å². The number of para-hydroxylation sites is 2. The Bertz CT molecular complexity index is 1530. The van der Waals surface area contributed by atoms with Crippen LogP contribution >= 0.6 is 0 Å². The van der Waals surface area contributed by atoms with Gasteiger partial charge in [-0.1, -0.05) is 54.6 Å². The van der Waals surface area contributed by atoms with Crippen molar-refractivity contribution in [2.45, 2.75) is 49.6 Å². The number of carboxylic acids is 1. The van der Waals surface area contributed by atoms with Gasteiger partial charge in [-0.15, -0.1) is 0 Å². The number of rotatable bonds is 8. The summed E-state index contributed by atoms with van der Waals surface area (Å²) in [6.45, 7) is 3.87. The Balaban J connectivity index is 1.04. The first-order chi connectivity index (χ1) is 20.4. The number of fused-ring (bicyclic) bond motifs is 2. The van der Waals surface area contributed by atoms with E-state index in [2.05, 4.69) is 21.9 Å². The van der Waals surface area contributed by atoms with Crippen LogP contribution < -0.4 is 9.80 Å². The summed E-state index contributed by atoms with van der Waals surface area (Å²) in [7, 11) is 0. The topological polar surface area (TPSA) is 84.4 Å². The number of piperidine rings is 1. The van der Waals surface area contributed by atoms with Crippen molar-refractivity contribution >= 4 is 29.2 Å². The summed E-state index contributed by atoms with van der Waals surface area (Å²) in [6, 6.07) is 25.3. The second-order valence-electron chi connectivity index (χ2n) is 12.2. The number of hydrogen-bond acceptors (Lipinski definition) is 5. The van der Waals surface area contributed by atoms with Crippen LogP contribution in [0.1, 0.15) is 53.6 Å². The predicted molar refractivity (Wildman–Crippen MR) is 160 cm³/mol. The van der Waals surface area contributed by atoms with Crippen molar-refractivity contribution in [2.75, 3.05) is 42.6 Å². The van der Waals surface area contributed by atoms with Crippen LogP contribution in [0.25, 0.3) is 0 Å². The standard InChI is InChI=1S/C34H36N4O4/c39-30(40)27-12-5-4-9-25(27)23-36-24-38(26-10-2-1-3-11-26)34(32(36)42)17-21-35(22-18-34)19-8-20-37-29-14-7-6-13-28(29)33(15-16-33)31(37)41/h1-7,9-14H,8,15-24H2,(H,39,40). The van der Waals surface area contributed by atoms with E-state index in [0.717, 1.165) is 50.3 Å². The molecule has 3 fully saturated rings. The van der Waals surface area contributed by atoms with Crippen molar-refractivity contribution in [3.8, 4) is 0 Å². The van der Waals surface area contributed by atoms with Gasteiger partial charge in [0.05, 0.1) is 17.6 Å². The highest BCUT2D eigenvalue weighted by molar-refractivity contribution is 6.10. The minimum absolute atomic E-state index is 0.0696. The molecule has 2 spiro atoms. The molecule has 4 aliphatic rings. The molecule has 3 aromatic carbocycles. The molecule has 8 nitrogen and oxygen atoms in total. The lowest BCUT2D eigenvalue weighted by Crippen LogP contribution is -2.56. The number of carbonyl (C=O) groups is 3. The van der Waals surface area contributed by atoms with Crippen molar-refractivity contribution in [1.82, 2.24) is 9.80 Å². The van der Waals surface area contributed by atoms with E-state index in [4.69, 9.17) is 0 Å². The van der Waals surface area contributed by atoms with E-state index in [1.54, 1.807) is 18.2 Å². The third-order valence-electron chi connectivity index (χ3n) is 9.85. The Morgan fingerprint density at radius 2 is 1.48 bits per heavy atom. The number of anilines is 2. The van der Waals surface area contributed by atoms with Crippen LogP contribution in [0, 0.1) is 0 Å². The third kappa shape index (κ3) is 4.28. The fraction of sp³-hybridized carbons (Fsp3) is 0.382. The number of aromatic carboxylic acids is 1. The molecule has 0 unspecified atom stereocenters. The molecule has 2 amide bonds. The van der Waals surface area contributed by atoms with Crippen LogP contribution in [0.4, 0.5) is 11.4 Å². The molecule has 2 saturated heterocycles. The van der Waals surface area contributed by atoms with Gasteiger partial charge in [0.25, 0.3) is 0 Å². The summed E-state index contributed by atoms with van der Waals surface area (Å²) in [4.78, 5) is 47.7. The van der Waals surface area contributed by atoms with Gasteiger partial charge in [-0.25, -0.2) is 4.79 Å². The Labute approximate surface area is 246 Å². The molecule has 7 rings (SSSR count). The summed E-state index contributed by atoms with van der Waals surface area (Å²) in [5.74, 6) is -0.646. The number of hydrogen-bond donors (Lipinski definition) is 1. The van der Waals surface area contributed by atoms with E-state index in [0.29, 0.717) is 31.6 Å². The lowest BCUT2D eigenvalue weighted by atomic mass is 9.85. The van der Waals surface area contributed by atoms with E-state index < -0.39 is 11.5 Å². The molecule has 1 aliphatic carbocycles. The Morgan fingerprint density at radius 3 is 2.21 bits per heavy atom. The van der Waals surface area contributed by atoms with Crippen molar-refractivity contribution in [3.63, 3.8) is 0 Å². The van der Waals surface area contributed by atoms with Gasteiger partial charge in [-0.2, -0.15) is 0 Å². The number of amides is 2. The van der Waals surface area contributed by atoms with Gasteiger partial charge in [0.1, 0.15) is 5.54 Å². The lowest BCUT2D eigenvalue weighted by molar-refractivity contribution is -0.134. The maximum absolute atomic E-state index is 14.1. The van der Waals surface area contributed by atoms with E-state index in [-0.39, 0.29) is 29.3 Å². The SMILES string of the molecule is O=C(O)c1ccccc1CN1CN(c2ccccc2)C2(CCN(CCCN3C(=O)C4(CC4)c4ccccc43)CC2)C1=O. The lowest BCUT2D eigenvalue weighted by Gasteiger charge is -2.43. The maximum Gasteiger partial charge on any atom is 0.336 e. The molecule has 1 saturated carbocycles. The number of nitrogens with zero attached hydrogens (tertiary/aromatic N) is 4. The number of likely N-dealkylation sites (tertiary alicyclic amines) is 1. The molecule has 0 radical (unpaired) electrons. The van der Waals surface area contributed by atoms with Gasteiger partial charge in [-0.3, -0.25) is 9.59 Å². The number of carboxylic acid groups (broad SMARTS) is 1. The summed E-state index contributed by atoms with van der Waals surface area (Å²) in [5.41, 5.74) is 3.26. The smallest absolute Gasteiger partial charge is 0.336 e. The zero-order valence-electron chi connectivity index (χ0n) is 23.7. The number of benzene rings is 3. The van der Waals surface area contributed by atoms with Crippen LogP contribution in [0.2, 0.25) is 0 Å². The molecule has 0 atom stereocenters. The summed E-state index contributed by atoms with van der Waals surface area (Å²) in [6.07, 6.45) is 4.20. The van der Waals surface area contributed by atoms with Gasteiger partial charge >= 0.3 is 5.97 Å². The average molecular weight is 565 g/mol. The van der Waals surface area contributed by atoms with Crippen molar-refractivity contribution in [2.24, 2.45) is 0 Å². The van der Waals surface area contributed by atoms with E-state index in [9.17, 15) is 19.5 Å². The van der Waals surface area contributed by atoms with Gasteiger partial charge < -0.3 is 24.7 Å². The fourth-order valence-electron chi connectivity index (χ4n) is 7.42. The van der Waals surface area contributed by atoms with E-state index >= 15 is 0 Å². The van der Waals surface area contributed by atoms with E-state index in [1.807, 2.05) is 58.3 Å². The second-order valence-corrected chi connectivity index (χ2v) is 12.2. The molecule has 216 valence electrons. The minimum Gasteiger partial charge on any atom is -0.478 e. The van der Waals surface area contributed by atoms with E-state index in [1.165, 1.54) is 5.56 Å². The Morgan fingerprint density at radius 1 is 0.786 bits per heavy atom. The maximum atomic E-state index is 14.1. The first-order valence-corrected chi connectivity index (χ1v) is 15.0. The fourth-order valence-corrected chi connectivity index (χ4v) is 7.42. The molecule has 0 bridgehead atoms. The Hall–Kier alpha value is -4.17. The van der Waals surface area contributed by atoms with Crippen LogP contribution in [0.3, 0.4) is 0 Å². The van der Waals surface area contributed by atoms with Crippen molar-refractivity contribution < 1.29 is 19.5 Å². The highest BCUT2D eigenvalue weighted by atomic mass is 16.4.